The monoisotopic (exact) mass is 442 g/mol. The van der Waals surface area contributed by atoms with E-state index < -0.39 is 0 Å². The van der Waals surface area contributed by atoms with Gasteiger partial charge in [-0.3, -0.25) is 9.59 Å². The Morgan fingerprint density at radius 3 is 2.89 bits per heavy atom. The Labute approximate surface area is 170 Å². The number of para-hydroxylation sites is 2. The van der Waals surface area contributed by atoms with Gasteiger partial charge in [0, 0.05) is 29.7 Å². The molecule has 1 aliphatic rings. The second-order valence-electron chi connectivity index (χ2n) is 6.48. The number of ether oxygens (including phenoxy) is 1. The zero-order chi connectivity index (χ0) is 19.5. The van der Waals surface area contributed by atoms with Crippen molar-refractivity contribution in [1.29, 1.82) is 0 Å². The number of pyridine rings is 1. The van der Waals surface area contributed by atoms with Crippen LogP contribution in [0.2, 0.25) is 0 Å². The first kappa shape index (κ1) is 18.5. The summed E-state index contributed by atoms with van der Waals surface area (Å²) in [5.41, 5.74) is 2.34. The van der Waals surface area contributed by atoms with Gasteiger partial charge in [0.25, 0.3) is 0 Å². The first-order chi connectivity index (χ1) is 13.6. The minimum atomic E-state index is -0.173. The summed E-state index contributed by atoms with van der Waals surface area (Å²) in [6, 6.07) is 11.3. The molecule has 3 heterocycles. The molecular formula is C20H19BrN4O3. The van der Waals surface area contributed by atoms with Crippen LogP contribution >= 0.6 is 15.9 Å². The van der Waals surface area contributed by atoms with E-state index in [4.69, 9.17) is 4.74 Å². The highest BCUT2D eigenvalue weighted by Gasteiger charge is 2.23. The van der Waals surface area contributed by atoms with Gasteiger partial charge in [-0.1, -0.05) is 12.1 Å². The van der Waals surface area contributed by atoms with Gasteiger partial charge in [-0.2, -0.15) is 0 Å². The smallest absolute Gasteiger partial charge is 0.227 e. The van der Waals surface area contributed by atoms with E-state index in [1.807, 2.05) is 53.2 Å². The lowest BCUT2D eigenvalue weighted by Crippen LogP contribution is -2.38. The van der Waals surface area contributed by atoms with Crippen molar-refractivity contribution >= 4 is 39.1 Å². The number of fused-ring (bicyclic) bond motifs is 2. The van der Waals surface area contributed by atoms with Gasteiger partial charge in [0.1, 0.15) is 18.0 Å². The average Bonchev–Trinajstić information content (AvgIpc) is 3.12. The lowest BCUT2D eigenvalue weighted by atomic mass is 10.2. The van der Waals surface area contributed by atoms with E-state index in [0.717, 1.165) is 21.5 Å². The number of benzene rings is 1. The molecule has 0 saturated carbocycles. The fraction of sp³-hybridized carbons (Fsp3) is 0.250. The molecule has 0 fully saturated rings. The Morgan fingerprint density at radius 2 is 2.00 bits per heavy atom. The molecule has 0 aliphatic carbocycles. The molecule has 1 N–H and O–H groups in total. The summed E-state index contributed by atoms with van der Waals surface area (Å²) in [5.74, 6) is 0.446. The number of hydrogen-bond acceptors (Lipinski definition) is 4. The molecule has 8 heteroatoms. The molecule has 2 amide bonds. The van der Waals surface area contributed by atoms with Crippen LogP contribution in [0.5, 0.6) is 5.75 Å². The van der Waals surface area contributed by atoms with E-state index in [9.17, 15) is 9.59 Å². The summed E-state index contributed by atoms with van der Waals surface area (Å²) in [6.07, 6.45) is 4.07. The highest BCUT2D eigenvalue weighted by Crippen LogP contribution is 2.31. The maximum atomic E-state index is 12.6. The van der Waals surface area contributed by atoms with Crippen molar-refractivity contribution in [1.82, 2.24) is 14.7 Å². The summed E-state index contributed by atoms with van der Waals surface area (Å²) in [7, 11) is 0. The molecule has 0 bridgehead atoms. The van der Waals surface area contributed by atoms with E-state index in [-0.39, 0.29) is 24.7 Å². The van der Waals surface area contributed by atoms with Crippen molar-refractivity contribution in [3.8, 4) is 5.75 Å². The van der Waals surface area contributed by atoms with Gasteiger partial charge in [-0.15, -0.1) is 0 Å². The number of aromatic nitrogens is 2. The van der Waals surface area contributed by atoms with Gasteiger partial charge in [0.15, 0.2) is 0 Å². The highest BCUT2D eigenvalue weighted by atomic mass is 79.9. The molecule has 7 nitrogen and oxygen atoms in total. The second kappa shape index (κ2) is 8.02. The second-order valence-corrected chi connectivity index (χ2v) is 7.40. The maximum absolute atomic E-state index is 12.6. The summed E-state index contributed by atoms with van der Waals surface area (Å²) >= 11 is 3.42. The third-order valence-corrected chi connectivity index (χ3v) is 5.00. The quantitative estimate of drug-likeness (QED) is 0.658. The maximum Gasteiger partial charge on any atom is 0.227 e. The Balaban J connectivity index is 1.30. The highest BCUT2D eigenvalue weighted by molar-refractivity contribution is 9.10. The fourth-order valence-electron chi connectivity index (χ4n) is 3.16. The summed E-state index contributed by atoms with van der Waals surface area (Å²) in [6.45, 7) is 1.28. The van der Waals surface area contributed by atoms with Crippen LogP contribution in [-0.2, 0) is 16.1 Å². The number of anilines is 1. The number of nitrogens with one attached hydrogen (secondary N) is 1. The van der Waals surface area contributed by atoms with Gasteiger partial charge in [-0.05, 0) is 40.2 Å². The minimum Gasteiger partial charge on any atom is -0.490 e. The molecule has 4 rings (SSSR count). The molecule has 3 aromatic rings. The van der Waals surface area contributed by atoms with E-state index in [1.54, 1.807) is 4.90 Å². The Morgan fingerprint density at radius 1 is 1.14 bits per heavy atom. The van der Waals surface area contributed by atoms with Gasteiger partial charge in [0.2, 0.25) is 11.8 Å². The van der Waals surface area contributed by atoms with Gasteiger partial charge in [0.05, 0.1) is 24.5 Å². The minimum absolute atomic E-state index is 0.0801. The van der Waals surface area contributed by atoms with Crippen molar-refractivity contribution in [3.63, 3.8) is 0 Å². The number of halogens is 1. The third kappa shape index (κ3) is 4.01. The van der Waals surface area contributed by atoms with Gasteiger partial charge >= 0.3 is 0 Å². The molecular weight excluding hydrogens is 424 g/mol. The van der Waals surface area contributed by atoms with Crippen molar-refractivity contribution in [2.45, 2.75) is 19.4 Å². The number of carbonyl (C=O) groups excluding carboxylic acids is 2. The number of amides is 2. The van der Waals surface area contributed by atoms with Gasteiger partial charge in [-0.25, -0.2) is 4.98 Å². The molecule has 2 aromatic heterocycles. The first-order valence-electron chi connectivity index (χ1n) is 9.02. The largest absolute Gasteiger partial charge is 0.490 e. The number of rotatable bonds is 5. The zero-order valence-corrected chi connectivity index (χ0v) is 16.7. The van der Waals surface area contributed by atoms with Crippen LogP contribution in [0.25, 0.3) is 5.65 Å². The molecule has 0 radical (unpaired) electrons. The van der Waals surface area contributed by atoms with E-state index in [1.165, 1.54) is 0 Å². The number of hydrogen-bond donors (Lipinski definition) is 1. The average molecular weight is 443 g/mol. The molecule has 144 valence electrons. The predicted molar refractivity (Wildman–Crippen MR) is 108 cm³/mol. The van der Waals surface area contributed by atoms with Crippen LogP contribution < -0.4 is 15.0 Å². The zero-order valence-electron chi connectivity index (χ0n) is 15.1. The van der Waals surface area contributed by atoms with Crippen molar-refractivity contribution in [3.05, 3.63) is 59.0 Å². The number of carbonyl (C=O) groups is 2. The van der Waals surface area contributed by atoms with E-state index in [0.29, 0.717) is 25.4 Å². The third-order valence-electron chi connectivity index (χ3n) is 4.53. The van der Waals surface area contributed by atoms with Crippen LogP contribution in [0.1, 0.15) is 18.5 Å². The van der Waals surface area contributed by atoms with Crippen LogP contribution in [0.3, 0.4) is 0 Å². The van der Waals surface area contributed by atoms with Crippen LogP contribution in [0, 0.1) is 0 Å². The number of imidazole rings is 1. The topological polar surface area (TPSA) is 75.9 Å². The van der Waals surface area contributed by atoms with Gasteiger partial charge < -0.3 is 19.4 Å². The standard InChI is InChI=1S/C20H19BrN4O3/c21-14-5-6-18-23-15(13-24(18)12-14)11-22-19(26)7-8-20(27)25-9-10-28-17-4-2-1-3-16(17)25/h1-6,12-13H,7-11H2,(H,22,26). The van der Waals surface area contributed by atoms with E-state index >= 15 is 0 Å². The molecule has 0 unspecified atom stereocenters. The Bertz CT molecular complexity index is 1030. The SMILES string of the molecule is O=C(CCC(=O)N1CCOc2ccccc21)NCc1cn2cc(Br)ccc2n1. The fourth-order valence-corrected chi connectivity index (χ4v) is 3.52. The van der Waals surface area contributed by atoms with Crippen LogP contribution in [-0.4, -0.2) is 34.4 Å². The molecule has 0 atom stereocenters. The number of nitrogens with zero attached hydrogens (tertiary/aromatic N) is 3. The predicted octanol–water partition coefficient (Wildman–Crippen LogP) is 2.92. The Kier molecular flexibility index (Phi) is 5.29. The molecule has 1 aliphatic heterocycles. The lowest BCUT2D eigenvalue weighted by Gasteiger charge is -2.29. The molecule has 28 heavy (non-hydrogen) atoms. The molecule has 1 aromatic carbocycles. The molecule has 0 saturated heterocycles. The first-order valence-corrected chi connectivity index (χ1v) is 9.81. The van der Waals surface area contributed by atoms with Crippen molar-refractivity contribution in [2.75, 3.05) is 18.1 Å². The van der Waals surface area contributed by atoms with E-state index in [2.05, 4.69) is 26.2 Å². The lowest BCUT2D eigenvalue weighted by molar-refractivity contribution is -0.125. The van der Waals surface area contributed by atoms with Crippen molar-refractivity contribution in [2.24, 2.45) is 0 Å². The van der Waals surface area contributed by atoms with Crippen LogP contribution in [0.4, 0.5) is 5.69 Å². The molecule has 0 spiro atoms. The van der Waals surface area contributed by atoms with Crippen LogP contribution in [0.15, 0.2) is 53.3 Å². The summed E-state index contributed by atoms with van der Waals surface area (Å²) in [5, 5.41) is 2.83. The van der Waals surface area contributed by atoms with Crippen molar-refractivity contribution < 1.29 is 14.3 Å². The Hall–Kier alpha value is -2.87. The summed E-state index contributed by atoms with van der Waals surface area (Å²) < 4.78 is 8.41. The normalized spacial score (nSPS) is 13.1. The summed E-state index contributed by atoms with van der Waals surface area (Å²) in [4.78, 5) is 30.9.